The average molecular weight is 388 g/mol. The van der Waals surface area contributed by atoms with Crippen LogP contribution in [0.15, 0.2) is 48.5 Å². The molecule has 2 aromatic rings. The molecular weight excluding hydrogens is 370 g/mol. The van der Waals surface area contributed by atoms with Crippen molar-refractivity contribution in [3.8, 4) is 0 Å². The SMILES string of the molecule is O=C(NC(=S)Nc1cccc(C(=O)N2CCCC2)c1)c1ccc(Cl)cc1. The van der Waals surface area contributed by atoms with Gasteiger partial charge in [-0.1, -0.05) is 17.7 Å². The third kappa shape index (κ3) is 4.59. The van der Waals surface area contributed by atoms with E-state index in [1.165, 1.54) is 0 Å². The number of hydrogen-bond donors (Lipinski definition) is 2. The molecule has 3 rings (SSSR count). The average Bonchev–Trinajstić information content (AvgIpc) is 3.16. The maximum atomic E-state index is 12.5. The summed E-state index contributed by atoms with van der Waals surface area (Å²) in [5, 5.41) is 6.27. The fraction of sp³-hybridized carbons (Fsp3) is 0.211. The summed E-state index contributed by atoms with van der Waals surface area (Å²) in [4.78, 5) is 26.5. The first kappa shape index (κ1) is 18.4. The molecule has 134 valence electrons. The minimum atomic E-state index is -0.330. The van der Waals surface area contributed by atoms with Crippen LogP contribution in [-0.2, 0) is 0 Å². The first-order valence-corrected chi connectivity index (χ1v) is 9.09. The third-order valence-corrected chi connectivity index (χ3v) is 4.55. The van der Waals surface area contributed by atoms with Gasteiger partial charge in [-0.05, 0) is 67.5 Å². The van der Waals surface area contributed by atoms with Gasteiger partial charge >= 0.3 is 0 Å². The van der Waals surface area contributed by atoms with Crippen molar-refractivity contribution >= 4 is 46.4 Å². The second kappa shape index (κ2) is 8.29. The van der Waals surface area contributed by atoms with Gasteiger partial charge in [0.25, 0.3) is 11.8 Å². The largest absolute Gasteiger partial charge is 0.339 e. The topological polar surface area (TPSA) is 61.4 Å². The van der Waals surface area contributed by atoms with E-state index in [0.717, 1.165) is 25.9 Å². The summed E-state index contributed by atoms with van der Waals surface area (Å²) in [7, 11) is 0. The quantitative estimate of drug-likeness (QED) is 0.788. The zero-order valence-corrected chi connectivity index (χ0v) is 15.6. The van der Waals surface area contributed by atoms with E-state index in [0.29, 0.717) is 21.8 Å². The lowest BCUT2D eigenvalue weighted by Crippen LogP contribution is -2.34. The molecule has 2 N–H and O–H groups in total. The van der Waals surface area contributed by atoms with Gasteiger partial charge in [0, 0.05) is 34.9 Å². The molecule has 26 heavy (non-hydrogen) atoms. The van der Waals surface area contributed by atoms with Crippen LogP contribution < -0.4 is 10.6 Å². The van der Waals surface area contributed by atoms with Crippen molar-refractivity contribution in [2.24, 2.45) is 0 Å². The molecule has 0 radical (unpaired) electrons. The number of nitrogens with one attached hydrogen (secondary N) is 2. The fourth-order valence-corrected chi connectivity index (χ4v) is 3.11. The van der Waals surface area contributed by atoms with E-state index >= 15 is 0 Å². The maximum absolute atomic E-state index is 12.5. The number of carbonyl (C=O) groups is 2. The lowest BCUT2D eigenvalue weighted by Gasteiger charge is -2.16. The Morgan fingerprint density at radius 2 is 1.69 bits per heavy atom. The molecule has 0 aliphatic carbocycles. The van der Waals surface area contributed by atoms with Crippen molar-refractivity contribution < 1.29 is 9.59 Å². The highest BCUT2D eigenvalue weighted by Crippen LogP contribution is 2.16. The molecule has 0 saturated carbocycles. The van der Waals surface area contributed by atoms with Crippen LogP contribution in [0, 0.1) is 0 Å². The van der Waals surface area contributed by atoms with Gasteiger partial charge in [0.1, 0.15) is 0 Å². The molecule has 0 aromatic heterocycles. The summed E-state index contributed by atoms with van der Waals surface area (Å²) in [5.74, 6) is -0.314. The third-order valence-electron chi connectivity index (χ3n) is 4.09. The number of anilines is 1. The summed E-state index contributed by atoms with van der Waals surface area (Å²) in [6.45, 7) is 1.60. The number of nitrogens with zero attached hydrogens (tertiary/aromatic N) is 1. The van der Waals surface area contributed by atoms with Crippen LogP contribution in [0.25, 0.3) is 0 Å². The number of rotatable bonds is 3. The Labute approximate surface area is 162 Å². The van der Waals surface area contributed by atoms with Crippen molar-refractivity contribution in [3.05, 3.63) is 64.7 Å². The summed E-state index contributed by atoms with van der Waals surface area (Å²) in [6.07, 6.45) is 2.09. The molecule has 1 saturated heterocycles. The number of hydrogen-bond acceptors (Lipinski definition) is 3. The minimum Gasteiger partial charge on any atom is -0.339 e. The van der Waals surface area contributed by atoms with Crippen LogP contribution in [0.2, 0.25) is 5.02 Å². The van der Waals surface area contributed by atoms with Crippen molar-refractivity contribution in [1.29, 1.82) is 0 Å². The molecule has 1 fully saturated rings. The number of amides is 2. The molecule has 1 aliphatic rings. The second-order valence-corrected chi connectivity index (χ2v) is 6.84. The van der Waals surface area contributed by atoms with Crippen molar-refractivity contribution in [2.75, 3.05) is 18.4 Å². The molecule has 7 heteroatoms. The Morgan fingerprint density at radius 1 is 1.00 bits per heavy atom. The lowest BCUT2D eigenvalue weighted by molar-refractivity contribution is 0.0792. The summed E-state index contributed by atoms with van der Waals surface area (Å²) in [6, 6.07) is 13.6. The fourth-order valence-electron chi connectivity index (χ4n) is 2.77. The summed E-state index contributed by atoms with van der Waals surface area (Å²) < 4.78 is 0. The van der Waals surface area contributed by atoms with Crippen LogP contribution in [0.3, 0.4) is 0 Å². The van der Waals surface area contributed by atoms with Crippen LogP contribution in [0.5, 0.6) is 0 Å². The molecule has 0 spiro atoms. The highest BCUT2D eigenvalue weighted by atomic mass is 35.5. The standard InChI is InChI=1S/C19H18ClN3O2S/c20-15-8-6-13(7-9-15)17(24)22-19(26)21-16-5-3-4-14(12-16)18(25)23-10-1-2-11-23/h3-9,12H,1-2,10-11H2,(H2,21,22,24,26). The predicted molar refractivity (Wildman–Crippen MR) is 107 cm³/mol. The van der Waals surface area contributed by atoms with Gasteiger partial charge in [0.15, 0.2) is 5.11 Å². The van der Waals surface area contributed by atoms with E-state index in [9.17, 15) is 9.59 Å². The van der Waals surface area contributed by atoms with E-state index in [1.807, 2.05) is 4.90 Å². The first-order chi connectivity index (χ1) is 12.5. The van der Waals surface area contributed by atoms with Gasteiger partial charge in [0.05, 0.1) is 0 Å². The number of likely N-dealkylation sites (tertiary alicyclic amines) is 1. The van der Waals surface area contributed by atoms with Gasteiger partial charge in [-0.25, -0.2) is 0 Å². The van der Waals surface area contributed by atoms with E-state index in [4.69, 9.17) is 23.8 Å². The van der Waals surface area contributed by atoms with E-state index in [2.05, 4.69) is 10.6 Å². The van der Waals surface area contributed by atoms with Crippen LogP contribution in [0.1, 0.15) is 33.6 Å². The molecule has 0 atom stereocenters. The highest BCUT2D eigenvalue weighted by molar-refractivity contribution is 7.80. The Bertz CT molecular complexity index is 833. The van der Waals surface area contributed by atoms with Gasteiger partial charge < -0.3 is 10.2 Å². The molecule has 0 unspecified atom stereocenters. The number of halogens is 1. The maximum Gasteiger partial charge on any atom is 0.257 e. The molecule has 5 nitrogen and oxygen atoms in total. The van der Waals surface area contributed by atoms with Gasteiger partial charge in [-0.15, -0.1) is 0 Å². The lowest BCUT2D eigenvalue weighted by atomic mass is 10.2. The predicted octanol–water partition coefficient (Wildman–Crippen LogP) is 3.70. The Hall–Kier alpha value is -2.44. The molecule has 2 amide bonds. The normalized spacial score (nSPS) is 13.3. The van der Waals surface area contributed by atoms with Gasteiger partial charge in [-0.2, -0.15) is 0 Å². The van der Waals surface area contributed by atoms with E-state index in [-0.39, 0.29) is 16.9 Å². The zero-order valence-electron chi connectivity index (χ0n) is 14.0. The van der Waals surface area contributed by atoms with Crippen molar-refractivity contribution in [3.63, 3.8) is 0 Å². The van der Waals surface area contributed by atoms with Gasteiger partial charge in [-0.3, -0.25) is 14.9 Å². The summed E-state index contributed by atoms with van der Waals surface area (Å²) >= 11 is 11.0. The minimum absolute atomic E-state index is 0.0160. The second-order valence-electron chi connectivity index (χ2n) is 6.00. The van der Waals surface area contributed by atoms with Crippen LogP contribution in [0.4, 0.5) is 5.69 Å². The zero-order chi connectivity index (χ0) is 18.5. The first-order valence-electron chi connectivity index (χ1n) is 8.30. The summed E-state index contributed by atoms with van der Waals surface area (Å²) in [5.41, 5.74) is 1.71. The monoisotopic (exact) mass is 387 g/mol. The van der Waals surface area contributed by atoms with Crippen LogP contribution >= 0.6 is 23.8 Å². The molecule has 2 aromatic carbocycles. The Morgan fingerprint density at radius 3 is 2.38 bits per heavy atom. The molecule has 1 aliphatic heterocycles. The molecule has 0 bridgehead atoms. The molecular formula is C19H18ClN3O2S. The van der Waals surface area contributed by atoms with E-state index in [1.54, 1.807) is 48.5 Å². The smallest absolute Gasteiger partial charge is 0.257 e. The van der Waals surface area contributed by atoms with Gasteiger partial charge in [0.2, 0.25) is 0 Å². The van der Waals surface area contributed by atoms with Crippen LogP contribution in [-0.4, -0.2) is 34.9 Å². The van der Waals surface area contributed by atoms with Crippen molar-refractivity contribution in [2.45, 2.75) is 12.8 Å². The molecule has 1 heterocycles. The van der Waals surface area contributed by atoms with Crippen molar-refractivity contribution in [1.82, 2.24) is 10.2 Å². The number of carbonyl (C=O) groups excluding carboxylic acids is 2. The number of benzene rings is 2. The Kier molecular flexibility index (Phi) is 5.85. The Balaban J connectivity index is 1.62. The highest BCUT2D eigenvalue weighted by Gasteiger charge is 2.19. The number of thiocarbonyl (C=S) groups is 1. The van der Waals surface area contributed by atoms with E-state index < -0.39 is 0 Å².